The zero-order chi connectivity index (χ0) is 16.2. The van der Waals surface area contributed by atoms with Gasteiger partial charge in [0, 0.05) is 31.6 Å². The molecule has 0 unspecified atom stereocenters. The number of anilines is 1. The zero-order valence-corrected chi connectivity index (χ0v) is 12.7. The molecule has 0 aliphatic carbocycles. The highest BCUT2D eigenvalue weighted by atomic mass is 32.2. The van der Waals surface area contributed by atoms with Crippen molar-refractivity contribution >= 4 is 21.2 Å². The van der Waals surface area contributed by atoms with E-state index in [0.717, 1.165) is 12.3 Å². The van der Waals surface area contributed by atoms with Crippen LogP contribution in [0.4, 0.5) is 11.4 Å². The third-order valence-electron chi connectivity index (χ3n) is 2.95. The predicted molar refractivity (Wildman–Crippen MR) is 79.3 cm³/mol. The number of nitro benzene ring substituents is 1. The van der Waals surface area contributed by atoms with Crippen molar-refractivity contribution in [1.82, 2.24) is 15.0 Å². The van der Waals surface area contributed by atoms with E-state index in [9.17, 15) is 18.5 Å². The van der Waals surface area contributed by atoms with Gasteiger partial charge in [-0.15, -0.1) is 5.10 Å². The molecule has 2 aromatic rings. The number of benzene rings is 1. The molecule has 1 aromatic heterocycles. The summed E-state index contributed by atoms with van der Waals surface area (Å²) < 4.78 is 24.6. The van der Waals surface area contributed by atoms with Crippen molar-refractivity contribution in [3.63, 3.8) is 0 Å². The van der Waals surface area contributed by atoms with Gasteiger partial charge in [0.2, 0.25) is 0 Å². The highest BCUT2D eigenvalue weighted by Crippen LogP contribution is 2.27. The molecule has 0 amide bonds. The molecule has 1 N–H and O–H groups in total. The van der Waals surface area contributed by atoms with E-state index in [-0.39, 0.29) is 16.3 Å². The van der Waals surface area contributed by atoms with Crippen LogP contribution in [0.2, 0.25) is 0 Å². The summed E-state index contributed by atoms with van der Waals surface area (Å²) in [5, 5.41) is 21.5. The van der Waals surface area contributed by atoms with Gasteiger partial charge in [-0.3, -0.25) is 14.8 Å². The second-order valence-electron chi connectivity index (χ2n) is 4.65. The molecule has 0 radical (unpaired) electrons. The Labute approximate surface area is 127 Å². The Hall–Kier alpha value is -2.49. The van der Waals surface area contributed by atoms with Gasteiger partial charge in [0.1, 0.15) is 5.69 Å². The molecule has 9 nitrogen and oxygen atoms in total. The van der Waals surface area contributed by atoms with Crippen LogP contribution in [-0.4, -0.2) is 41.1 Å². The molecule has 0 saturated heterocycles. The summed E-state index contributed by atoms with van der Waals surface area (Å²) in [4.78, 5) is 10.4. The van der Waals surface area contributed by atoms with Crippen molar-refractivity contribution < 1.29 is 13.3 Å². The molecule has 22 heavy (non-hydrogen) atoms. The van der Waals surface area contributed by atoms with Crippen LogP contribution < -0.4 is 5.32 Å². The van der Waals surface area contributed by atoms with E-state index in [1.807, 2.05) is 0 Å². The molecule has 0 saturated carbocycles. The van der Waals surface area contributed by atoms with E-state index in [1.165, 1.54) is 12.1 Å². The number of hydrogen-bond donors (Lipinski definition) is 1. The summed E-state index contributed by atoms with van der Waals surface area (Å²) in [7, 11) is -3.48. The number of nitrogens with zero attached hydrogens (tertiary/aromatic N) is 4. The van der Waals surface area contributed by atoms with Crippen LogP contribution >= 0.6 is 0 Å². The van der Waals surface area contributed by atoms with Crippen LogP contribution in [0.15, 0.2) is 35.5 Å². The van der Waals surface area contributed by atoms with Crippen molar-refractivity contribution in [3.8, 4) is 0 Å². The Balaban J connectivity index is 2.05. The summed E-state index contributed by atoms with van der Waals surface area (Å²) in [6.07, 6.45) is 5.00. The maximum atomic E-state index is 11.5. The Morgan fingerprint density at radius 1 is 1.41 bits per heavy atom. The van der Waals surface area contributed by atoms with Crippen LogP contribution in [0.25, 0.3) is 0 Å². The lowest BCUT2D eigenvalue weighted by atomic mass is 10.2. The molecule has 0 atom stereocenters. The average Bonchev–Trinajstić information content (AvgIpc) is 2.95. The first-order valence-electron chi connectivity index (χ1n) is 6.44. The van der Waals surface area contributed by atoms with Crippen LogP contribution in [0.5, 0.6) is 0 Å². The van der Waals surface area contributed by atoms with Gasteiger partial charge < -0.3 is 5.32 Å². The van der Waals surface area contributed by atoms with Gasteiger partial charge in [0.05, 0.1) is 16.0 Å². The Morgan fingerprint density at radius 3 is 2.77 bits per heavy atom. The minimum absolute atomic E-state index is 0.0765. The largest absolute Gasteiger partial charge is 0.379 e. The minimum Gasteiger partial charge on any atom is -0.379 e. The van der Waals surface area contributed by atoms with Gasteiger partial charge in [-0.1, -0.05) is 5.21 Å². The van der Waals surface area contributed by atoms with E-state index in [0.29, 0.717) is 19.5 Å². The van der Waals surface area contributed by atoms with Crippen molar-refractivity contribution in [2.24, 2.45) is 0 Å². The molecule has 1 aromatic carbocycles. The highest BCUT2D eigenvalue weighted by Gasteiger charge is 2.18. The zero-order valence-electron chi connectivity index (χ0n) is 11.8. The number of aromatic nitrogens is 3. The van der Waals surface area contributed by atoms with Crippen LogP contribution in [0.1, 0.15) is 6.42 Å². The van der Waals surface area contributed by atoms with Gasteiger partial charge in [-0.25, -0.2) is 8.42 Å². The number of nitrogens with one attached hydrogen (secondary N) is 1. The molecule has 118 valence electrons. The lowest BCUT2D eigenvalue weighted by Crippen LogP contribution is -2.09. The summed E-state index contributed by atoms with van der Waals surface area (Å²) in [5.74, 6) is 0. The Kier molecular flexibility index (Phi) is 4.71. The normalized spacial score (nSPS) is 11.3. The smallest absolute Gasteiger partial charge is 0.293 e. The topological polar surface area (TPSA) is 120 Å². The first-order valence-corrected chi connectivity index (χ1v) is 8.33. The number of hydrogen-bond acceptors (Lipinski definition) is 7. The third-order valence-corrected chi connectivity index (χ3v) is 4.06. The molecule has 0 bridgehead atoms. The van der Waals surface area contributed by atoms with Gasteiger partial charge >= 0.3 is 0 Å². The summed E-state index contributed by atoms with van der Waals surface area (Å²) in [5.41, 5.74) is 0.0275. The first kappa shape index (κ1) is 15.9. The predicted octanol–water partition coefficient (Wildman–Crippen LogP) is 1.09. The maximum Gasteiger partial charge on any atom is 0.293 e. The average molecular weight is 325 g/mol. The second-order valence-corrected chi connectivity index (χ2v) is 6.67. The first-order chi connectivity index (χ1) is 10.4. The van der Waals surface area contributed by atoms with E-state index in [1.54, 1.807) is 17.1 Å². The van der Waals surface area contributed by atoms with Gasteiger partial charge in [-0.05, 0) is 18.6 Å². The fourth-order valence-corrected chi connectivity index (χ4v) is 2.50. The molecule has 0 aliphatic heterocycles. The lowest BCUT2D eigenvalue weighted by molar-refractivity contribution is -0.384. The standard InChI is InChI=1S/C12H15N5O4S/c1-22(20,21)10-3-4-11(12(9-10)17(18)19)13-5-2-7-16-8-6-14-15-16/h3-4,6,8-9,13H,2,5,7H2,1H3. The lowest BCUT2D eigenvalue weighted by Gasteiger charge is -2.08. The van der Waals surface area contributed by atoms with Crippen molar-refractivity contribution in [2.45, 2.75) is 17.9 Å². The molecular formula is C12H15N5O4S. The highest BCUT2D eigenvalue weighted by molar-refractivity contribution is 7.90. The molecule has 10 heteroatoms. The third kappa shape index (κ3) is 4.01. The SMILES string of the molecule is CS(=O)(=O)c1ccc(NCCCn2ccnn2)c([N+](=O)[O-])c1. The molecule has 2 rings (SSSR count). The van der Waals surface area contributed by atoms with E-state index < -0.39 is 14.8 Å². The quantitative estimate of drug-likeness (QED) is 0.459. The molecule has 1 heterocycles. The van der Waals surface area contributed by atoms with Crippen molar-refractivity contribution in [1.29, 1.82) is 0 Å². The van der Waals surface area contributed by atoms with E-state index in [4.69, 9.17) is 0 Å². The molecule has 0 fully saturated rings. The Morgan fingerprint density at radius 2 is 2.18 bits per heavy atom. The number of aryl methyl sites for hydroxylation is 1. The summed E-state index contributed by atoms with van der Waals surface area (Å²) >= 11 is 0. The summed E-state index contributed by atoms with van der Waals surface area (Å²) in [6.45, 7) is 1.11. The minimum atomic E-state index is -3.48. The number of nitro groups is 1. The fourth-order valence-electron chi connectivity index (χ4n) is 1.86. The van der Waals surface area contributed by atoms with Crippen molar-refractivity contribution in [3.05, 3.63) is 40.7 Å². The molecule has 0 spiro atoms. The van der Waals surface area contributed by atoms with Crippen LogP contribution in [0.3, 0.4) is 0 Å². The maximum absolute atomic E-state index is 11.5. The van der Waals surface area contributed by atoms with Crippen molar-refractivity contribution in [2.75, 3.05) is 18.1 Å². The molecular weight excluding hydrogens is 310 g/mol. The monoisotopic (exact) mass is 325 g/mol. The summed E-state index contributed by atoms with van der Waals surface area (Å²) in [6, 6.07) is 3.82. The number of sulfone groups is 1. The number of rotatable bonds is 7. The van der Waals surface area contributed by atoms with Gasteiger partial charge in [0.25, 0.3) is 5.69 Å². The van der Waals surface area contributed by atoms with E-state index >= 15 is 0 Å². The van der Waals surface area contributed by atoms with Gasteiger partial charge in [0.15, 0.2) is 9.84 Å². The van der Waals surface area contributed by atoms with Crippen LogP contribution in [0, 0.1) is 10.1 Å². The molecule has 0 aliphatic rings. The fraction of sp³-hybridized carbons (Fsp3) is 0.333. The van der Waals surface area contributed by atoms with Crippen LogP contribution in [-0.2, 0) is 16.4 Å². The van der Waals surface area contributed by atoms with Gasteiger partial charge in [-0.2, -0.15) is 0 Å². The van der Waals surface area contributed by atoms with E-state index in [2.05, 4.69) is 15.6 Å². The second kappa shape index (κ2) is 6.52. The Bertz CT molecular complexity index is 758.